The molecule has 0 bridgehead atoms. The number of amides is 1. The Kier molecular flexibility index (Phi) is 4.14. The number of para-hydroxylation sites is 1. The van der Waals surface area contributed by atoms with E-state index in [0.717, 1.165) is 43.0 Å². The summed E-state index contributed by atoms with van der Waals surface area (Å²) in [6, 6.07) is 15.8. The molecule has 1 fully saturated rings. The third-order valence-corrected chi connectivity index (χ3v) is 4.78. The molecule has 0 unspecified atom stereocenters. The lowest BCUT2D eigenvalue weighted by Gasteiger charge is -2.26. The molecule has 128 valence electrons. The van der Waals surface area contributed by atoms with Crippen molar-refractivity contribution in [1.82, 2.24) is 19.2 Å². The lowest BCUT2D eigenvalue weighted by Crippen LogP contribution is -2.36. The summed E-state index contributed by atoms with van der Waals surface area (Å²) in [6.45, 7) is 1.66. The van der Waals surface area contributed by atoms with Gasteiger partial charge in [0, 0.05) is 26.3 Å². The minimum atomic E-state index is 0.0662. The maximum atomic E-state index is 13.1. The number of hydrogen-bond donors (Lipinski definition) is 0. The molecule has 1 amide bonds. The van der Waals surface area contributed by atoms with Crippen molar-refractivity contribution in [2.75, 3.05) is 13.1 Å². The molecule has 1 aliphatic rings. The van der Waals surface area contributed by atoms with Gasteiger partial charge >= 0.3 is 0 Å². The van der Waals surface area contributed by atoms with Crippen molar-refractivity contribution in [3.8, 4) is 17.1 Å². The molecule has 1 aliphatic heterocycles. The van der Waals surface area contributed by atoms with Crippen LogP contribution in [0.3, 0.4) is 0 Å². The highest BCUT2D eigenvalue weighted by molar-refractivity contribution is 5.94. The van der Waals surface area contributed by atoms with Crippen molar-refractivity contribution in [2.45, 2.75) is 19.3 Å². The molecule has 0 spiro atoms. The highest BCUT2D eigenvalue weighted by Crippen LogP contribution is 2.23. The van der Waals surface area contributed by atoms with Crippen LogP contribution in [0.15, 0.2) is 54.7 Å². The van der Waals surface area contributed by atoms with Gasteiger partial charge in [-0.05, 0) is 49.6 Å². The van der Waals surface area contributed by atoms with Crippen molar-refractivity contribution in [3.05, 3.63) is 60.4 Å². The van der Waals surface area contributed by atoms with Crippen LogP contribution in [0.4, 0.5) is 0 Å². The summed E-state index contributed by atoms with van der Waals surface area (Å²) in [5.74, 6) is 0.0662. The van der Waals surface area contributed by atoms with Gasteiger partial charge in [-0.2, -0.15) is 5.10 Å². The summed E-state index contributed by atoms with van der Waals surface area (Å²) >= 11 is 0. The molecule has 0 N–H and O–H groups in total. The second-order valence-corrected chi connectivity index (χ2v) is 6.52. The fourth-order valence-electron chi connectivity index (χ4n) is 3.41. The van der Waals surface area contributed by atoms with Crippen LogP contribution in [0.2, 0.25) is 0 Å². The number of rotatable bonds is 3. The Labute approximate surface area is 147 Å². The third kappa shape index (κ3) is 2.97. The van der Waals surface area contributed by atoms with E-state index in [1.165, 1.54) is 6.42 Å². The topological polar surface area (TPSA) is 43.1 Å². The summed E-state index contributed by atoms with van der Waals surface area (Å²) in [5.41, 5.74) is 3.35. The minimum Gasteiger partial charge on any atom is -0.349 e. The average Bonchev–Trinajstić information content (AvgIpc) is 3.28. The Morgan fingerprint density at radius 3 is 2.44 bits per heavy atom. The van der Waals surface area contributed by atoms with Crippen molar-refractivity contribution < 1.29 is 4.79 Å². The van der Waals surface area contributed by atoms with Gasteiger partial charge in [0.2, 0.25) is 0 Å². The number of piperidine rings is 1. The number of carbonyl (C=O) groups excluding carboxylic acids is 1. The number of likely N-dealkylation sites (tertiary alicyclic amines) is 1. The summed E-state index contributed by atoms with van der Waals surface area (Å²) in [7, 11) is 1.99. The summed E-state index contributed by atoms with van der Waals surface area (Å²) in [4.78, 5) is 15.1. The highest BCUT2D eigenvalue weighted by Gasteiger charge is 2.24. The molecular weight excluding hydrogens is 312 g/mol. The highest BCUT2D eigenvalue weighted by atomic mass is 16.2. The molecule has 3 heterocycles. The number of hydrogen-bond acceptors (Lipinski definition) is 2. The Bertz CT molecular complexity index is 872. The average molecular weight is 334 g/mol. The first kappa shape index (κ1) is 15.7. The van der Waals surface area contributed by atoms with Gasteiger partial charge in [0.25, 0.3) is 5.91 Å². The minimum absolute atomic E-state index is 0.0662. The first-order chi connectivity index (χ1) is 12.2. The molecule has 1 saturated heterocycles. The van der Waals surface area contributed by atoms with E-state index in [9.17, 15) is 4.79 Å². The quantitative estimate of drug-likeness (QED) is 0.736. The van der Waals surface area contributed by atoms with Gasteiger partial charge in [0.05, 0.1) is 11.4 Å². The first-order valence-corrected chi connectivity index (χ1v) is 8.80. The molecular formula is C20H22N4O. The maximum Gasteiger partial charge on any atom is 0.272 e. The number of benzene rings is 1. The second kappa shape index (κ2) is 6.59. The zero-order valence-corrected chi connectivity index (χ0v) is 14.4. The van der Waals surface area contributed by atoms with E-state index in [2.05, 4.69) is 0 Å². The monoisotopic (exact) mass is 334 g/mol. The maximum absolute atomic E-state index is 13.1. The van der Waals surface area contributed by atoms with Crippen molar-refractivity contribution in [3.63, 3.8) is 0 Å². The van der Waals surface area contributed by atoms with Crippen LogP contribution in [-0.2, 0) is 7.05 Å². The smallest absolute Gasteiger partial charge is 0.272 e. The third-order valence-electron chi connectivity index (χ3n) is 4.78. The van der Waals surface area contributed by atoms with E-state index in [0.29, 0.717) is 5.69 Å². The first-order valence-electron chi connectivity index (χ1n) is 8.80. The number of aryl methyl sites for hydroxylation is 1. The number of aromatic nitrogens is 3. The predicted molar refractivity (Wildman–Crippen MR) is 97.7 cm³/mol. The molecule has 25 heavy (non-hydrogen) atoms. The molecule has 2 aromatic heterocycles. The molecule has 0 saturated carbocycles. The Balaban J connectivity index is 1.79. The number of carbonyl (C=O) groups is 1. The molecule has 1 aromatic carbocycles. The molecule has 5 heteroatoms. The van der Waals surface area contributed by atoms with Crippen LogP contribution in [0.1, 0.15) is 29.8 Å². The normalized spacial score (nSPS) is 14.7. The van der Waals surface area contributed by atoms with E-state index in [1.807, 2.05) is 71.2 Å². The Hall–Kier alpha value is -2.82. The zero-order chi connectivity index (χ0) is 17.2. The van der Waals surface area contributed by atoms with Gasteiger partial charge in [-0.1, -0.05) is 18.2 Å². The Morgan fingerprint density at radius 1 is 1.00 bits per heavy atom. The van der Waals surface area contributed by atoms with Gasteiger partial charge in [-0.15, -0.1) is 0 Å². The largest absolute Gasteiger partial charge is 0.349 e. The van der Waals surface area contributed by atoms with E-state index in [1.54, 1.807) is 4.68 Å². The second-order valence-electron chi connectivity index (χ2n) is 6.52. The van der Waals surface area contributed by atoms with Crippen LogP contribution in [-0.4, -0.2) is 38.2 Å². The van der Waals surface area contributed by atoms with Crippen LogP contribution in [0, 0.1) is 0 Å². The molecule has 5 nitrogen and oxygen atoms in total. The molecule has 0 radical (unpaired) electrons. The van der Waals surface area contributed by atoms with Crippen molar-refractivity contribution >= 4 is 5.91 Å². The lowest BCUT2D eigenvalue weighted by atomic mass is 10.1. The summed E-state index contributed by atoms with van der Waals surface area (Å²) < 4.78 is 3.80. The van der Waals surface area contributed by atoms with Gasteiger partial charge in [0.15, 0.2) is 0 Å². The predicted octanol–water partition coefficient (Wildman–Crippen LogP) is 3.50. The van der Waals surface area contributed by atoms with Crippen LogP contribution in [0.25, 0.3) is 17.1 Å². The van der Waals surface area contributed by atoms with E-state index < -0.39 is 0 Å². The van der Waals surface area contributed by atoms with Gasteiger partial charge < -0.3 is 9.47 Å². The SMILES string of the molecule is Cn1cccc1-c1cc(C(=O)N2CCCCC2)n(-c2ccccc2)n1. The lowest BCUT2D eigenvalue weighted by molar-refractivity contribution is 0.0715. The fourth-order valence-corrected chi connectivity index (χ4v) is 3.41. The van der Waals surface area contributed by atoms with E-state index >= 15 is 0 Å². The van der Waals surface area contributed by atoms with E-state index in [-0.39, 0.29) is 5.91 Å². The van der Waals surface area contributed by atoms with Crippen molar-refractivity contribution in [2.24, 2.45) is 7.05 Å². The molecule has 0 aliphatic carbocycles. The fraction of sp³-hybridized carbons (Fsp3) is 0.300. The Morgan fingerprint density at radius 2 is 1.76 bits per heavy atom. The van der Waals surface area contributed by atoms with E-state index in [4.69, 9.17) is 5.10 Å². The van der Waals surface area contributed by atoms with Crippen LogP contribution in [0.5, 0.6) is 0 Å². The van der Waals surface area contributed by atoms with Gasteiger partial charge in [0.1, 0.15) is 11.4 Å². The molecule has 3 aromatic rings. The zero-order valence-electron chi connectivity index (χ0n) is 14.4. The van der Waals surface area contributed by atoms with Crippen LogP contribution >= 0.6 is 0 Å². The molecule has 0 atom stereocenters. The standard InChI is InChI=1S/C20H22N4O/c1-22-12-8-11-18(22)17-15-19(20(25)23-13-6-3-7-14-23)24(21-17)16-9-4-2-5-10-16/h2,4-5,8-12,15H,3,6-7,13-14H2,1H3. The molecule has 4 rings (SSSR count). The van der Waals surface area contributed by atoms with Gasteiger partial charge in [-0.25, -0.2) is 4.68 Å². The van der Waals surface area contributed by atoms with Crippen LogP contribution < -0.4 is 0 Å². The summed E-state index contributed by atoms with van der Waals surface area (Å²) in [5, 5.41) is 4.75. The summed E-state index contributed by atoms with van der Waals surface area (Å²) in [6.07, 6.45) is 5.35. The van der Waals surface area contributed by atoms with Gasteiger partial charge in [-0.3, -0.25) is 4.79 Å². The number of nitrogens with zero attached hydrogens (tertiary/aromatic N) is 4. The van der Waals surface area contributed by atoms with Crippen molar-refractivity contribution in [1.29, 1.82) is 0 Å².